The average molecular weight is 603 g/mol. The number of rotatable bonds is 10. The largest absolute Gasteiger partial charge is 0.459 e. The van der Waals surface area contributed by atoms with Gasteiger partial charge in [-0.2, -0.15) is 8.42 Å². The van der Waals surface area contributed by atoms with Crippen LogP contribution in [0.15, 0.2) is 59.5 Å². The van der Waals surface area contributed by atoms with Crippen molar-refractivity contribution in [3.63, 3.8) is 0 Å². The van der Waals surface area contributed by atoms with Crippen molar-refractivity contribution in [2.75, 3.05) is 26.7 Å². The number of benzene rings is 2. The highest BCUT2D eigenvalue weighted by Gasteiger charge is 2.45. The van der Waals surface area contributed by atoms with Crippen molar-refractivity contribution in [2.45, 2.75) is 64.7 Å². The van der Waals surface area contributed by atoms with E-state index in [4.69, 9.17) is 13.7 Å². The van der Waals surface area contributed by atoms with Crippen LogP contribution >= 0.6 is 0 Å². The number of ether oxygens (including phenoxy) is 2. The number of likely N-dealkylation sites (tertiary alicyclic amines) is 1. The molecule has 3 atom stereocenters. The second-order valence-electron chi connectivity index (χ2n) is 12.0. The summed E-state index contributed by atoms with van der Waals surface area (Å²) in [5.74, 6) is -2.75. The maximum Gasteiger partial charge on any atom is 0.410 e. The van der Waals surface area contributed by atoms with Gasteiger partial charge in [-0.25, -0.2) is 9.59 Å². The van der Waals surface area contributed by atoms with Crippen molar-refractivity contribution < 1.29 is 36.5 Å². The molecule has 1 aliphatic rings. The van der Waals surface area contributed by atoms with E-state index >= 15 is 0 Å². The highest BCUT2D eigenvalue weighted by molar-refractivity contribution is 7.86. The first kappa shape index (κ1) is 33.1. The zero-order chi connectivity index (χ0) is 31.2. The molecule has 2 aromatic carbocycles. The van der Waals surface area contributed by atoms with Crippen LogP contribution in [0.4, 0.5) is 4.79 Å². The van der Waals surface area contributed by atoms with Crippen molar-refractivity contribution in [1.29, 1.82) is 0 Å². The minimum atomic E-state index is -4.11. The van der Waals surface area contributed by atoms with E-state index in [-0.39, 0.29) is 37.1 Å². The van der Waals surface area contributed by atoms with Gasteiger partial charge in [-0.1, -0.05) is 61.9 Å². The Labute approximate surface area is 249 Å². The summed E-state index contributed by atoms with van der Waals surface area (Å²) >= 11 is 0. The molecule has 1 aliphatic heterocycles. The molecule has 0 N–H and O–H groups in total. The minimum Gasteiger partial charge on any atom is -0.459 e. The average Bonchev–Trinajstić information content (AvgIpc) is 3.35. The van der Waals surface area contributed by atoms with Crippen molar-refractivity contribution >= 4 is 28.1 Å². The number of likely N-dealkylation sites (N-methyl/N-ethyl adjacent to an activating group) is 1. The standard InChI is InChI=1S/C31H42N2O8S/c1-21(2)27(29(35)39-19-23-11-9-8-10-12-23)32(7)28(34)26-18-33(30(36)41-31(4,5)6)17-24(26)20-40-42(37,38)25-15-13-22(3)14-16-25/h8-16,21,24,26-27H,17-20H2,1-7H3/t24-,26+,27+/m1/s1. The molecular weight excluding hydrogens is 560 g/mol. The second kappa shape index (κ2) is 13.7. The zero-order valence-electron chi connectivity index (χ0n) is 25.4. The van der Waals surface area contributed by atoms with E-state index < -0.39 is 51.6 Å². The van der Waals surface area contributed by atoms with Crippen molar-refractivity contribution in [2.24, 2.45) is 17.8 Å². The molecule has 10 nitrogen and oxygen atoms in total. The fraction of sp³-hybridized carbons (Fsp3) is 0.516. The number of amides is 2. The van der Waals surface area contributed by atoms with Gasteiger partial charge in [0.05, 0.1) is 17.4 Å². The summed E-state index contributed by atoms with van der Waals surface area (Å²) in [6.07, 6.45) is -0.616. The van der Waals surface area contributed by atoms with Crippen LogP contribution < -0.4 is 0 Å². The number of esters is 1. The topological polar surface area (TPSA) is 120 Å². The molecule has 0 aliphatic carbocycles. The first-order valence-electron chi connectivity index (χ1n) is 14.0. The fourth-order valence-corrected chi connectivity index (χ4v) is 5.80. The summed E-state index contributed by atoms with van der Waals surface area (Å²) in [6.45, 7) is 10.5. The third kappa shape index (κ3) is 8.78. The molecule has 11 heteroatoms. The normalized spacial score (nSPS) is 18.0. The Balaban J connectivity index is 1.80. The van der Waals surface area contributed by atoms with E-state index in [1.807, 2.05) is 51.1 Å². The SMILES string of the molecule is Cc1ccc(S(=O)(=O)OC[C@H]2CN(C(=O)OC(C)(C)C)C[C@@H]2C(=O)N(C)[C@H](C(=O)OCc2ccccc2)C(C)C)cc1. The van der Waals surface area contributed by atoms with Crippen molar-refractivity contribution in [3.8, 4) is 0 Å². The van der Waals surface area contributed by atoms with Gasteiger partial charge in [0.25, 0.3) is 10.1 Å². The van der Waals surface area contributed by atoms with Crippen LogP contribution in [0.1, 0.15) is 45.7 Å². The lowest BCUT2D eigenvalue weighted by molar-refractivity contribution is -0.158. The molecule has 0 bridgehead atoms. The van der Waals surface area contributed by atoms with Crippen LogP contribution in [0, 0.1) is 24.7 Å². The smallest absolute Gasteiger partial charge is 0.410 e. The number of nitrogens with zero attached hydrogens (tertiary/aromatic N) is 2. The second-order valence-corrected chi connectivity index (χ2v) is 13.7. The molecular formula is C31H42N2O8S. The lowest BCUT2D eigenvalue weighted by Gasteiger charge is -2.32. The van der Waals surface area contributed by atoms with Gasteiger partial charge in [-0.05, 0) is 51.3 Å². The molecule has 1 saturated heterocycles. The van der Waals surface area contributed by atoms with Gasteiger partial charge in [0, 0.05) is 26.1 Å². The fourth-order valence-electron chi connectivity index (χ4n) is 4.84. The van der Waals surface area contributed by atoms with Crippen LogP contribution in [0.5, 0.6) is 0 Å². The molecule has 0 radical (unpaired) electrons. The Morgan fingerprint density at radius 1 is 1.00 bits per heavy atom. The monoisotopic (exact) mass is 602 g/mol. The Morgan fingerprint density at radius 2 is 1.62 bits per heavy atom. The summed E-state index contributed by atoms with van der Waals surface area (Å²) in [5, 5.41) is 0. The number of carbonyl (C=O) groups excluding carboxylic acids is 3. The molecule has 0 aromatic heterocycles. The third-order valence-electron chi connectivity index (χ3n) is 7.02. The number of aryl methyl sites for hydroxylation is 1. The minimum absolute atomic E-state index is 0.00359. The maximum atomic E-state index is 13.9. The maximum absolute atomic E-state index is 13.9. The highest BCUT2D eigenvalue weighted by Crippen LogP contribution is 2.30. The van der Waals surface area contributed by atoms with Gasteiger partial charge in [-0.3, -0.25) is 8.98 Å². The Kier molecular flexibility index (Phi) is 10.8. The van der Waals surface area contributed by atoms with Gasteiger partial charge in [0.2, 0.25) is 5.91 Å². The zero-order valence-corrected chi connectivity index (χ0v) is 26.2. The molecule has 2 aromatic rings. The molecule has 3 rings (SSSR count). The van der Waals surface area contributed by atoms with Crippen LogP contribution in [0.25, 0.3) is 0 Å². The van der Waals surface area contributed by atoms with Gasteiger partial charge in [0.1, 0.15) is 18.2 Å². The van der Waals surface area contributed by atoms with Gasteiger partial charge in [0.15, 0.2) is 0 Å². The molecule has 0 saturated carbocycles. The summed E-state index contributed by atoms with van der Waals surface area (Å²) in [7, 11) is -2.59. The summed E-state index contributed by atoms with van der Waals surface area (Å²) in [6, 6.07) is 14.6. The number of hydrogen-bond acceptors (Lipinski definition) is 8. The van der Waals surface area contributed by atoms with Crippen LogP contribution in [-0.4, -0.2) is 74.6 Å². The molecule has 42 heavy (non-hydrogen) atoms. The molecule has 1 fully saturated rings. The van der Waals surface area contributed by atoms with Crippen LogP contribution in [-0.2, 0) is 40.0 Å². The predicted octanol–water partition coefficient (Wildman–Crippen LogP) is 4.41. The third-order valence-corrected chi connectivity index (χ3v) is 8.31. The molecule has 230 valence electrons. The number of carbonyl (C=O) groups is 3. The summed E-state index contributed by atoms with van der Waals surface area (Å²) in [5.41, 5.74) is 0.953. The van der Waals surface area contributed by atoms with E-state index in [1.54, 1.807) is 32.9 Å². The van der Waals surface area contributed by atoms with Gasteiger partial charge in [-0.15, -0.1) is 0 Å². The lowest BCUT2D eigenvalue weighted by atomic mass is 9.93. The Bertz CT molecular complexity index is 1340. The molecule has 0 spiro atoms. The summed E-state index contributed by atoms with van der Waals surface area (Å²) < 4.78 is 42.3. The summed E-state index contributed by atoms with van der Waals surface area (Å²) in [4.78, 5) is 42.7. The first-order valence-corrected chi connectivity index (χ1v) is 15.4. The van der Waals surface area contributed by atoms with E-state index in [9.17, 15) is 22.8 Å². The lowest BCUT2D eigenvalue weighted by Crippen LogP contribution is -2.50. The van der Waals surface area contributed by atoms with Gasteiger partial charge < -0.3 is 19.3 Å². The van der Waals surface area contributed by atoms with E-state index in [1.165, 1.54) is 29.0 Å². The van der Waals surface area contributed by atoms with Crippen molar-refractivity contribution in [1.82, 2.24) is 9.80 Å². The van der Waals surface area contributed by atoms with Crippen molar-refractivity contribution in [3.05, 3.63) is 65.7 Å². The number of hydrogen-bond donors (Lipinski definition) is 0. The molecule has 0 unspecified atom stereocenters. The quantitative estimate of drug-likeness (QED) is 0.290. The van der Waals surface area contributed by atoms with E-state index in [0.29, 0.717) is 0 Å². The van der Waals surface area contributed by atoms with E-state index in [0.717, 1.165) is 11.1 Å². The molecule has 2 amide bonds. The highest BCUT2D eigenvalue weighted by atomic mass is 32.2. The first-order chi connectivity index (χ1) is 19.6. The Morgan fingerprint density at radius 3 is 2.19 bits per heavy atom. The van der Waals surface area contributed by atoms with Gasteiger partial charge >= 0.3 is 12.1 Å². The predicted molar refractivity (Wildman–Crippen MR) is 157 cm³/mol. The Hall–Kier alpha value is -3.44. The molecule has 1 heterocycles. The van der Waals surface area contributed by atoms with Crippen LogP contribution in [0.3, 0.4) is 0 Å². The van der Waals surface area contributed by atoms with Crippen LogP contribution in [0.2, 0.25) is 0 Å². The van der Waals surface area contributed by atoms with E-state index in [2.05, 4.69) is 0 Å².